The van der Waals surface area contributed by atoms with Crippen LogP contribution in [0.4, 0.5) is 0 Å². The first-order chi connectivity index (χ1) is 10.6. The van der Waals surface area contributed by atoms with Crippen molar-refractivity contribution in [3.63, 3.8) is 0 Å². The fraction of sp³-hybridized carbons (Fsp3) is 0.850. The third kappa shape index (κ3) is 12.9. The second-order valence-corrected chi connectivity index (χ2v) is 6.70. The molecule has 2 heteroatoms. The highest BCUT2D eigenvalue weighted by Crippen LogP contribution is 2.23. The van der Waals surface area contributed by atoms with Crippen LogP contribution < -0.4 is 0 Å². The summed E-state index contributed by atoms with van der Waals surface area (Å²) in [7, 11) is 0. The van der Waals surface area contributed by atoms with Crippen LogP contribution in [0.5, 0.6) is 0 Å². The molecule has 0 heterocycles. The molecule has 0 aromatic rings. The third-order valence-corrected chi connectivity index (χ3v) is 4.53. The van der Waals surface area contributed by atoms with Crippen LogP contribution in [-0.4, -0.2) is 11.1 Å². The van der Waals surface area contributed by atoms with E-state index in [1.165, 1.54) is 77.0 Å². The number of rotatable bonds is 15. The largest absolute Gasteiger partial charge is 0.478 e. The Bertz CT molecular complexity index is 294. The van der Waals surface area contributed by atoms with Crippen LogP contribution in [0, 0.1) is 5.92 Å². The van der Waals surface area contributed by atoms with Gasteiger partial charge in [-0.1, -0.05) is 97.0 Å². The van der Waals surface area contributed by atoms with Gasteiger partial charge in [-0.25, -0.2) is 4.79 Å². The lowest BCUT2D eigenvalue weighted by molar-refractivity contribution is -0.132. The van der Waals surface area contributed by atoms with E-state index in [0.717, 1.165) is 6.42 Å². The SMILES string of the molecule is CCCCCCCCC(CC=C(C)C(=O)O)CCCCCC. The molecule has 0 fully saturated rings. The Balaban J connectivity index is 4.04. The van der Waals surface area contributed by atoms with Gasteiger partial charge in [-0.2, -0.15) is 0 Å². The monoisotopic (exact) mass is 310 g/mol. The van der Waals surface area contributed by atoms with Gasteiger partial charge in [0.25, 0.3) is 0 Å². The first kappa shape index (κ1) is 21.2. The molecule has 0 aromatic carbocycles. The third-order valence-electron chi connectivity index (χ3n) is 4.53. The zero-order valence-corrected chi connectivity index (χ0v) is 15.2. The van der Waals surface area contributed by atoms with Gasteiger partial charge in [0.05, 0.1) is 0 Å². The van der Waals surface area contributed by atoms with Crippen LogP contribution in [0.15, 0.2) is 11.6 Å². The summed E-state index contributed by atoms with van der Waals surface area (Å²) < 4.78 is 0. The lowest BCUT2D eigenvalue weighted by atomic mass is 9.91. The summed E-state index contributed by atoms with van der Waals surface area (Å²) >= 11 is 0. The van der Waals surface area contributed by atoms with Gasteiger partial charge < -0.3 is 5.11 Å². The van der Waals surface area contributed by atoms with Gasteiger partial charge in [0.2, 0.25) is 0 Å². The molecule has 0 bridgehead atoms. The Kier molecular flexibility index (Phi) is 14.6. The van der Waals surface area contributed by atoms with Crippen molar-refractivity contribution < 1.29 is 9.90 Å². The van der Waals surface area contributed by atoms with Gasteiger partial charge in [0.15, 0.2) is 0 Å². The molecule has 0 radical (unpaired) electrons. The molecule has 2 nitrogen and oxygen atoms in total. The molecule has 1 N–H and O–H groups in total. The first-order valence-corrected chi connectivity index (χ1v) is 9.51. The summed E-state index contributed by atoms with van der Waals surface area (Å²) in [5.74, 6) is -0.0957. The van der Waals surface area contributed by atoms with Crippen molar-refractivity contribution in [1.29, 1.82) is 0 Å². The minimum Gasteiger partial charge on any atom is -0.478 e. The zero-order chi connectivity index (χ0) is 16.6. The molecule has 0 rings (SSSR count). The highest BCUT2D eigenvalue weighted by atomic mass is 16.4. The van der Waals surface area contributed by atoms with Gasteiger partial charge >= 0.3 is 5.97 Å². The van der Waals surface area contributed by atoms with Crippen molar-refractivity contribution >= 4 is 5.97 Å². The molecule has 0 amide bonds. The smallest absolute Gasteiger partial charge is 0.330 e. The van der Waals surface area contributed by atoms with E-state index < -0.39 is 5.97 Å². The van der Waals surface area contributed by atoms with Crippen LogP contribution in [0.2, 0.25) is 0 Å². The average molecular weight is 311 g/mol. The van der Waals surface area contributed by atoms with E-state index in [0.29, 0.717) is 11.5 Å². The summed E-state index contributed by atoms with van der Waals surface area (Å²) in [6.07, 6.45) is 18.7. The van der Waals surface area contributed by atoms with Gasteiger partial charge in [0, 0.05) is 5.57 Å². The number of carbonyl (C=O) groups is 1. The lowest BCUT2D eigenvalue weighted by Crippen LogP contribution is -2.02. The molecule has 1 unspecified atom stereocenters. The van der Waals surface area contributed by atoms with Gasteiger partial charge in [-0.05, 0) is 19.3 Å². The number of hydrogen-bond donors (Lipinski definition) is 1. The molecule has 130 valence electrons. The lowest BCUT2D eigenvalue weighted by Gasteiger charge is -2.15. The van der Waals surface area contributed by atoms with E-state index in [2.05, 4.69) is 13.8 Å². The minimum absolute atomic E-state index is 0.501. The van der Waals surface area contributed by atoms with E-state index in [1.54, 1.807) is 6.92 Å². The van der Waals surface area contributed by atoms with E-state index >= 15 is 0 Å². The van der Waals surface area contributed by atoms with Crippen molar-refractivity contribution in [1.82, 2.24) is 0 Å². The second kappa shape index (κ2) is 15.1. The second-order valence-electron chi connectivity index (χ2n) is 6.70. The maximum absolute atomic E-state index is 10.9. The van der Waals surface area contributed by atoms with Crippen molar-refractivity contribution in [3.05, 3.63) is 11.6 Å². The van der Waals surface area contributed by atoms with Crippen molar-refractivity contribution in [2.24, 2.45) is 5.92 Å². The number of carboxylic acids is 1. The van der Waals surface area contributed by atoms with Crippen LogP contribution >= 0.6 is 0 Å². The standard InChI is InChI=1S/C20H38O2/c1-4-6-8-10-11-13-15-19(14-12-9-7-5-2)17-16-18(3)20(21)22/h16,19H,4-15,17H2,1-3H3,(H,21,22). The molecular formula is C20H38O2. The number of carboxylic acid groups (broad SMARTS) is 1. The van der Waals surface area contributed by atoms with Crippen LogP contribution in [0.3, 0.4) is 0 Å². The summed E-state index contributed by atoms with van der Waals surface area (Å²) in [6.45, 7) is 6.21. The Hall–Kier alpha value is -0.790. The average Bonchev–Trinajstić information content (AvgIpc) is 2.51. The Morgan fingerprint density at radius 2 is 1.32 bits per heavy atom. The molecule has 0 saturated heterocycles. The minimum atomic E-state index is -0.774. The molecule has 0 spiro atoms. The fourth-order valence-corrected chi connectivity index (χ4v) is 2.88. The molecule has 22 heavy (non-hydrogen) atoms. The van der Waals surface area contributed by atoms with Gasteiger partial charge in [-0.3, -0.25) is 0 Å². The summed E-state index contributed by atoms with van der Waals surface area (Å²) in [5, 5.41) is 8.97. The van der Waals surface area contributed by atoms with Crippen molar-refractivity contribution in [3.8, 4) is 0 Å². The molecule has 0 aromatic heterocycles. The van der Waals surface area contributed by atoms with Gasteiger partial charge in [-0.15, -0.1) is 0 Å². The Morgan fingerprint density at radius 3 is 1.82 bits per heavy atom. The predicted molar refractivity (Wildman–Crippen MR) is 96.3 cm³/mol. The first-order valence-electron chi connectivity index (χ1n) is 9.51. The van der Waals surface area contributed by atoms with E-state index in [9.17, 15) is 4.79 Å². The zero-order valence-electron chi connectivity index (χ0n) is 15.2. The number of unbranched alkanes of at least 4 members (excludes halogenated alkanes) is 8. The van der Waals surface area contributed by atoms with E-state index in [-0.39, 0.29) is 0 Å². The summed E-state index contributed by atoms with van der Waals surface area (Å²) in [4.78, 5) is 10.9. The van der Waals surface area contributed by atoms with Gasteiger partial charge in [0.1, 0.15) is 0 Å². The molecule has 1 atom stereocenters. The molecular weight excluding hydrogens is 272 g/mol. The van der Waals surface area contributed by atoms with Crippen molar-refractivity contribution in [2.75, 3.05) is 0 Å². The molecule has 0 aliphatic rings. The predicted octanol–water partition coefficient (Wildman–Crippen LogP) is 6.74. The number of hydrogen-bond acceptors (Lipinski definition) is 1. The maximum atomic E-state index is 10.9. The molecule has 0 aliphatic heterocycles. The summed E-state index contributed by atoms with van der Waals surface area (Å²) in [5.41, 5.74) is 0.501. The highest BCUT2D eigenvalue weighted by Gasteiger charge is 2.09. The Labute approximate surface area is 138 Å². The topological polar surface area (TPSA) is 37.3 Å². The molecule has 0 aliphatic carbocycles. The van der Waals surface area contributed by atoms with Crippen LogP contribution in [0.25, 0.3) is 0 Å². The summed E-state index contributed by atoms with van der Waals surface area (Å²) in [6, 6.07) is 0. The molecule has 0 saturated carbocycles. The fourth-order valence-electron chi connectivity index (χ4n) is 2.88. The maximum Gasteiger partial charge on any atom is 0.330 e. The highest BCUT2D eigenvalue weighted by molar-refractivity contribution is 5.85. The number of allylic oxidation sites excluding steroid dienone is 1. The normalized spacial score (nSPS) is 13.3. The van der Waals surface area contributed by atoms with E-state index in [4.69, 9.17) is 5.11 Å². The van der Waals surface area contributed by atoms with Crippen LogP contribution in [0.1, 0.15) is 104 Å². The van der Waals surface area contributed by atoms with Crippen LogP contribution in [-0.2, 0) is 4.79 Å². The van der Waals surface area contributed by atoms with E-state index in [1.807, 2.05) is 6.08 Å². The number of aliphatic carboxylic acids is 1. The Morgan fingerprint density at radius 1 is 0.864 bits per heavy atom. The van der Waals surface area contributed by atoms with Crippen molar-refractivity contribution in [2.45, 2.75) is 104 Å². The quantitative estimate of drug-likeness (QED) is 0.268.